The number of unbranched alkanes of at least 4 members (excludes halogenated alkanes) is 1. The minimum atomic E-state index is 0.335. The van der Waals surface area contributed by atoms with Crippen LogP contribution in [-0.4, -0.2) is 23.9 Å². The Morgan fingerprint density at radius 1 is 1.46 bits per heavy atom. The topological polar surface area (TPSA) is 20.3 Å². The minimum absolute atomic E-state index is 0.335. The van der Waals surface area contributed by atoms with Crippen LogP contribution in [0.25, 0.3) is 0 Å². The molecule has 0 spiro atoms. The maximum atomic E-state index is 11.5. The lowest BCUT2D eigenvalue weighted by Crippen LogP contribution is -2.44. The minimum Gasteiger partial charge on any atom is -0.342 e. The quantitative estimate of drug-likeness (QED) is 0.658. The van der Waals surface area contributed by atoms with Crippen LogP contribution in [0, 0.1) is 5.41 Å². The Bertz CT molecular complexity index is 187. The third-order valence-corrected chi connectivity index (χ3v) is 2.77. The lowest BCUT2D eigenvalue weighted by Gasteiger charge is -2.37. The molecule has 0 aliphatic carbocycles. The fraction of sp³-hybridized carbons (Fsp3) is 0.909. The highest BCUT2D eigenvalue weighted by molar-refractivity contribution is 5.77. The molecule has 1 aliphatic heterocycles. The normalized spacial score (nSPS) is 22.1. The molecule has 2 nitrogen and oxygen atoms in total. The van der Waals surface area contributed by atoms with Gasteiger partial charge in [0.15, 0.2) is 0 Å². The molecule has 1 fully saturated rings. The molecule has 2 heteroatoms. The van der Waals surface area contributed by atoms with Crippen molar-refractivity contribution < 1.29 is 4.79 Å². The predicted octanol–water partition coefficient (Wildman–Crippen LogP) is 2.44. The molecule has 0 unspecified atom stereocenters. The number of carbonyl (C=O) groups excluding carboxylic acids is 1. The predicted molar refractivity (Wildman–Crippen MR) is 54.5 cm³/mol. The molecule has 1 heterocycles. The Hall–Kier alpha value is -0.530. The SMILES string of the molecule is CCCCN1CC(C)(C)CCC1=O. The van der Waals surface area contributed by atoms with Crippen molar-refractivity contribution in [3.63, 3.8) is 0 Å². The van der Waals surface area contributed by atoms with Gasteiger partial charge in [0, 0.05) is 19.5 Å². The van der Waals surface area contributed by atoms with Crippen molar-refractivity contribution >= 4 is 5.91 Å². The second-order valence-electron chi connectivity index (χ2n) is 4.83. The molecule has 0 saturated carbocycles. The van der Waals surface area contributed by atoms with E-state index in [0.29, 0.717) is 11.3 Å². The fourth-order valence-corrected chi connectivity index (χ4v) is 1.84. The summed E-state index contributed by atoms with van der Waals surface area (Å²) in [6.45, 7) is 8.57. The van der Waals surface area contributed by atoms with E-state index in [1.54, 1.807) is 0 Å². The third-order valence-electron chi connectivity index (χ3n) is 2.77. The number of nitrogens with zero attached hydrogens (tertiary/aromatic N) is 1. The summed E-state index contributed by atoms with van der Waals surface area (Å²) in [4.78, 5) is 13.5. The van der Waals surface area contributed by atoms with Crippen molar-refractivity contribution in [2.45, 2.75) is 46.5 Å². The third kappa shape index (κ3) is 3.02. The molecular formula is C11H21NO. The average Bonchev–Trinajstić information content (AvgIpc) is 2.07. The zero-order chi connectivity index (χ0) is 9.90. The summed E-state index contributed by atoms with van der Waals surface area (Å²) in [5.74, 6) is 0.354. The van der Waals surface area contributed by atoms with Crippen LogP contribution >= 0.6 is 0 Å². The van der Waals surface area contributed by atoms with Gasteiger partial charge in [-0.3, -0.25) is 4.79 Å². The van der Waals surface area contributed by atoms with E-state index < -0.39 is 0 Å². The molecule has 0 radical (unpaired) electrons. The molecule has 0 N–H and O–H groups in total. The van der Waals surface area contributed by atoms with Gasteiger partial charge in [0.2, 0.25) is 5.91 Å². The lowest BCUT2D eigenvalue weighted by atomic mass is 9.84. The monoisotopic (exact) mass is 183 g/mol. The van der Waals surface area contributed by atoms with Crippen LogP contribution in [0.3, 0.4) is 0 Å². The first-order valence-electron chi connectivity index (χ1n) is 5.33. The van der Waals surface area contributed by atoms with Gasteiger partial charge in [-0.25, -0.2) is 0 Å². The largest absolute Gasteiger partial charge is 0.342 e. The molecule has 0 aromatic carbocycles. The summed E-state index contributed by atoms with van der Waals surface area (Å²) in [5.41, 5.74) is 0.335. The van der Waals surface area contributed by atoms with Crippen molar-refractivity contribution in [2.24, 2.45) is 5.41 Å². The molecule has 1 rings (SSSR count). The van der Waals surface area contributed by atoms with Crippen LogP contribution in [0.1, 0.15) is 46.5 Å². The Morgan fingerprint density at radius 3 is 2.77 bits per heavy atom. The van der Waals surface area contributed by atoms with Crippen LogP contribution < -0.4 is 0 Å². The van der Waals surface area contributed by atoms with Crippen LogP contribution in [0.4, 0.5) is 0 Å². The van der Waals surface area contributed by atoms with Gasteiger partial charge in [-0.05, 0) is 18.3 Å². The average molecular weight is 183 g/mol. The molecule has 13 heavy (non-hydrogen) atoms. The van der Waals surface area contributed by atoms with Crippen molar-refractivity contribution in [2.75, 3.05) is 13.1 Å². The summed E-state index contributed by atoms with van der Waals surface area (Å²) < 4.78 is 0. The summed E-state index contributed by atoms with van der Waals surface area (Å²) in [6, 6.07) is 0. The van der Waals surface area contributed by atoms with E-state index in [1.807, 2.05) is 4.90 Å². The summed E-state index contributed by atoms with van der Waals surface area (Å²) in [6.07, 6.45) is 4.11. The van der Waals surface area contributed by atoms with Crippen molar-refractivity contribution in [1.29, 1.82) is 0 Å². The van der Waals surface area contributed by atoms with Gasteiger partial charge < -0.3 is 4.90 Å². The number of amides is 1. The highest BCUT2D eigenvalue weighted by Crippen LogP contribution is 2.29. The number of rotatable bonds is 3. The molecule has 76 valence electrons. The number of piperidine rings is 1. The zero-order valence-electron chi connectivity index (χ0n) is 9.10. The fourth-order valence-electron chi connectivity index (χ4n) is 1.84. The van der Waals surface area contributed by atoms with E-state index in [-0.39, 0.29) is 0 Å². The molecule has 1 aliphatic rings. The van der Waals surface area contributed by atoms with E-state index in [4.69, 9.17) is 0 Å². The van der Waals surface area contributed by atoms with E-state index in [9.17, 15) is 4.79 Å². The Kier molecular flexibility index (Phi) is 3.34. The second kappa shape index (κ2) is 4.12. The van der Waals surface area contributed by atoms with Gasteiger partial charge in [-0.15, -0.1) is 0 Å². The van der Waals surface area contributed by atoms with Gasteiger partial charge >= 0.3 is 0 Å². The molecule has 0 aromatic heterocycles. The van der Waals surface area contributed by atoms with Crippen molar-refractivity contribution in [1.82, 2.24) is 4.90 Å². The highest BCUT2D eigenvalue weighted by atomic mass is 16.2. The molecule has 1 saturated heterocycles. The molecule has 0 aromatic rings. The van der Waals surface area contributed by atoms with Crippen LogP contribution in [0.15, 0.2) is 0 Å². The Balaban J connectivity index is 2.45. The van der Waals surface area contributed by atoms with Gasteiger partial charge in [-0.2, -0.15) is 0 Å². The highest BCUT2D eigenvalue weighted by Gasteiger charge is 2.30. The second-order valence-corrected chi connectivity index (χ2v) is 4.83. The van der Waals surface area contributed by atoms with E-state index >= 15 is 0 Å². The first-order chi connectivity index (χ1) is 6.05. The van der Waals surface area contributed by atoms with Crippen molar-refractivity contribution in [3.05, 3.63) is 0 Å². The number of likely N-dealkylation sites (tertiary alicyclic amines) is 1. The van der Waals surface area contributed by atoms with Gasteiger partial charge in [0.25, 0.3) is 0 Å². The van der Waals surface area contributed by atoms with Crippen LogP contribution in [0.2, 0.25) is 0 Å². The Morgan fingerprint density at radius 2 is 2.15 bits per heavy atom. The van der Waals surface area contributed by atoms with Gasteiger partial charge in [-0.1, -0.05) is 27.2 Å². The van der Waals surface area contributed by atoms with Crippen LogP contribution in [-0.2, 0) is 4.79 Å². The molecule has 0 bridgehead atoms. The molecule has 1 amide bonds. The maximum absolute atomic E-state index is 11.5. The summed E-state index contributed by atoms with van der Waals surface area (Å²) >= 11 is 0. The van der Waals surface area contributed by atoms with Crippen molar-refractivity contribution in [3.8, 4) is 0 Å². The first kappa shape index (κ1) is 10.6. The molecule has 0 atom stereocenters. The number of carbonyl (C=O) groups is 1. The van der Waals surface area contributed by atoms with Gasteiger partial charge in [0.1, 0.15) is 0 Å². The zero-order valence-corrected chi connectivity index (χ0v) is 9.10. The number of hydrogen-bond acceptors (Lipinski definition) is 1. The molecular weight excluding hydrogens is 162 g/mol. The van der Waals surface area contributed by atoms with Gasteiger partial charge in [0.05, 0.1) is 0 Å². The number of hydrogen-bond donors (Lipinski definition) is 0. The Labute approximate surface area is 81.3 Å². The summed E-state index contributed by atoms with van der Waals surface area (Å²) in [7, 11) is 0. The summed E-state index contributed by atoms with van der Waals surface area (Å²) in [5, 5.41) is 0. The van der Waals surface area contributed by atoms with Crippen LogP contribution in [0.5, 0.6) is 0 Å². The van der Waals surface area contributed by atoms with E-state index in [2.05, 4.69) is 20.8 Å². The first-order valence-corrected chi connectivity index (χ1v) is 5.33. The van der Waals surface area contributed by atoms with E-state index in [1.165, 1.54) is 6.42 Å². The lowest BCUT2D eigenvalue weighted by molar-refractivity contribution is -0.136. The standard InChI is InChI=1S/C11H21NO/c1-4-5-8-12-9-11(2,3)7-6-10(12)13/h4-9H2,1-3H3. The maximum Gasteiger partial charge on any atom is 0.222 e. The smallest absolute Gasteiger partial charge is 0.222 e. The van der Waals surface area contributed by atoms with E-state index in [0.717, 1.165) is 32.4 Å².